The molecular weight excluding hydrogens is 198 g/mol. The summed E-state index contributed by atoms with van der Waals surface area (Å²) in [5.41, 5.74) is 4.41. The zero-order valence-electron chi connectivity index (χ0n) is 9.75. The summed E-state index contributed by atoms with van der Waals surface area (Å²) < 4.78 is 5.45. The minimum atomic E-state index is 0.758. The van der Waals surface area contributed by atoms with Crippen LogP contribution in [0.1, 0.15) is 24.0 Å². The van der Waals surface area contributed by atoms with Crippen LogP contribution in [0.5, 0.6) is 5.75 Å². The molecule has 3 rings (SSSR count). The Morgan fingerprint density at radius 3 is 3.19 bits per heavy atom. The Morgan fingerprint density at radius 1 is 1.38 bits per heavy atom. The Morgan fingerprint density at radius 2 is 2.31 bits per heavy atom. The van der Waals surface area contributed by atoms with Crippen molar-refractivity contribution in [2.75, 3.05) is 13.7 Å². The van der Waals surface area contributed by atoms with Crippen molar-refractivity contribution < 1.29 is 9.73 Å². The van der Waals surface area contributed by atoms with Crippen LogP contribution in [-0.2, 0) is 12.8 Å². The highest BCUT2D eigenvalue weighted by molar-refractivity contribution is 5.87. The van der Waals surface area contributed by atoms with Gasteiger partial charge in [0.1, 0.15) is 12.3 Å². The van der Waals surface area contributed by atoms with E-state index in [-0.39, 0.29) is 0 Å². The van der Waals surface area contributed by atoms with Crippen molar-refractivity contribution in [1.29, 1.82) is 0 Å². The summed E-state index contributed by atoms with van der Waals surface area (Å²) in [7, 11) is 1.76. The van der Waals surface area contributed by atoms with Gasteiger partial charge >= 0.3 is 0 Å². The second-order valence-corrected chi connectivity index (χ2v) is 4.77. The lowest BCUT2D eigenvalue weighted by Gasteiger charge is -2.26. The van der Waals surface area contributed by atoms with Crippen LogP contribution < -0.4 is 9.73 Å². The molecule has 0 bridgehead atoms. The van der Waals surface area contributed by atoms with Gasteiger partial charge in [-0.3, -0.25) is 0 Å². The number of fused-ring (bicyclic) bond motifs is 2. The van der Waals surface area contributed by atoms with Gasteiger partial charge in [-0.25, -0.2) is 4.99 Å². The molecule has 16 heavy (non-hydrogen) atoms. The van der Waals surface area contributed by atoms with E-state index in [2.05, 4.69) is 23.2 Å². The molecule has 0 fully saturated rings. The molecule has 1 heterocycles. The molecule has 0 aromatic heterocycles. The molecule has 1 aromatic carbocycles. The van der Waals surface area contributed by atoms with Gasteiger partial charge < -0.3 is 4.74 Å². The summed E-state index contributed by atoms with van der Waals surface area (Å²) in [6.07, 6.45) is 4.91. The molecule has 1 N–H and O–H groups in total. The van der Waals surface area contributed by atoms with Gasteiger partial charge in [-0.05, 0) is 24.5 Å². The quantitative estimate of drug-likeness (QED) is 0.735. The highest BCUT2D eigenvalue weighted by Gasteiger charge is 2.31. The van der Waals surface area contributed by atoms with E-state index in [1.807, 2.05) is 0 Å². The van der Waals surface area contributed by atoms with E-state index in [1.165, 1.54) is 36.1 Å². The number of hydrogen-bond acceptors (Lipinski definition) is 1. The molecule has 2 aliphatic rings. The minimum Gasteiger partial charge on any atom is -0.496 e. The van der Waals surface area contributed by atoms with E-state index >= 15 is 0 Å². The van der Waals surface area contributed by atoms with Crippen LogP contribution in [0.15, 0.2) is 18.2 Å². The Labute approximate surface area is 96.3 Å². The van der Waals surface area contributed by atoms with Crippen molar-refractivity contribution in [3.63, 3.8) is 0 Å². The molecular formula is C14H18NO+. The van der Waals surface area contributed by atoms with Gasteiger partial charge in [0.15, 0.2) is 5.71 Å². The van der Waals surface area contributed by atoms with Gasteiger partial charge in [-0.1, -0.05) is 12.1 Å². The van der Waals surface area contributed by atoms with Crippen molar-refractivity contribution in [2.45, 2.75) is 25.7 Å². The number of nitrogens with one attached hydrogen (secondary N) is 1. The first-order valence-corrected chi connectivity index (χ1v) is 6.13. The zero-order chi connectivity index (χ0) is 11.0. The van der Waals surface area contributed by atoms with Crippen LogP contribution in [-0.4, -0.2) is 19.4 Å². The third-order valence-electron chi connectivity index (χ3n) is 3.86. The lowest BCUT2D eigenvalue weighted by molar-refractivity contribution is -0.467. The second-order valence-electron chi connectivity index (χ2n) is 4.77. The van der Waals surface area contributed by atoms with Gasteiger partial charge in [0.05, 0.1) is 13.5 Å². The summed E-state index contributed by atoms with van der Waals surface area (Å²) in [4.78, 5) is 3.57. The van der Waals surface area contributed by atoms with Crippen molar-refractivity contribution >= 4 is 5.71 Å². The van der Waals surface area contributed by atoms with Crippen LogP contribution in [0.4, 0.5) is 0 Å². The molecule has 1 aliphatic heterocycles. The van der Waals surface area contributed by atoms with Crippen LogP contribution in [0.25, 0.3) is 0 Å². The molecule has 1 atom stereocenters. The molecule has 0 saturated heterocycles. The first-order chi connectivity index (χ1) is 7.88. The second kappa shape index (κ2) is 3.93. The largest absolute Gasteiger partial charge is 0.496 e. The van der Waals surface area contributed by atoms with Gasteiger partial charge in [0.25, 0.3) is 0 Å². The number of rotatable bonds is 1. The maximum absolute atomic E-state index is 5.45. The van der Waals surface area contributed by atoms with E-state index in [0.29, 0.717) is 0 Å². The zero-order valence-corrected chi connectivity index (χ0v) is 9.75. The van der Waals surface area contributed by atoms with Crippen molar-refractivity contribution in [3.8, 4) is 5.75 Å². The fourth-order valence-corrected chi connectivity index (χ4v) is 3.00. The standard InChI is InChI=1S/C14H17NO/c1-16-14-6-2-4-10-8-11-5-3-7-15-13(11)9-12(10)14/h2,4,6,11H,3,5,7-9H2,1H3/p+1. The molecule has 0 amide bonds. The highest BCUT2D eigenvalue weighted by Crippen LogP contribution is 2.31. The van der Waals surface area contributed by atoms with Gasteiger partial charge in [0, 0.05) is 17.9 Å². The maximum atomic E-state index is 5.45. The van der Waals surface area contributed by atoms with Crippen molar-refractivity contribution in [1.82, 2.24) is 0 Å². The van der Waals surface area contributed by atoms with E-state index in [0.717, 1.165) is 24.6 Å². The molecule has 2 heteroatoms. The number of benzene rings is 1. The SMILES string of the molecule is COc1cccc2c1CC1=[NH+]CCCC1C2. The van der Waals surface area contributed by atoms with Crippen LogP contribution in [0.3, 0.4) is 0 Å². The molecule has 1 unspecified atom stereocenters. The number of ether oxygens (including phenoxy) is 1. The lowest BCUT2D eigenvalue weighted by Crippen LogP contribution is -2.77. The average molecular weight is 216 g/mol. The molecule has 84 valence electrons. The van der Waals surface area contributed by atoms with E-state index in [4.69, 9.17) is 4.74 Å². The Kier molecular flexibility index (Phi) is 2.43. The normalized spacial score (nSPS) is 23.1. The Hall–Kier alpha value is -1.31. The topological polar surface area (TPSA) is 23.2 Å². The summed E-state index contributed by atoms with van der Waals surface area (Å²) in [6.45, 7) is 1.15. The summed E-state index contributed by atoms with van der Waals surface area (Å²) >= 11 is 0. The summed E-state index contributed by atoms with van der Waals surface area (Å²) in [5.74, 6) is 1.81. The van der Waals surface area contributed by atoms with Crippen molar-refractivity contribution in [3.05, 3.63) is 29.3 Å². The van der Waals surface area contributed by atoms with Gasteiger partial charge in [-0.15, -0.1) is 0 Å². The Bertz CT molecular complexity index is 436. The Balaban J connectivity index is 2.02. The van der Waals surface area contributed by atoms with E-state index < -0.39 is 0 Å². The predicted octanol–water partition coefficient (Wildman–Crippen LogP) is 0.725. The monoisotopic (exact) mass is 216 g/mol. The smallest absolute Gasteiger partial charge is 0.158 e. The first-order valence-electron chi connectivity index (χ1n) is 6.13. The lowest BCUT2D eigenvalue weighted by atomic mass is 9.78. The van der Waals surface area contributed by atoms with Crippen molar-refractivity contribution in [2.24, 2.45) is 5.92 Å². The summed E-state index contributed by atoms with van der Waals surface area (Å²) in [5, 5.41) is 0. The minimum absolute atomic E-state index is 0.758. The molecule has 0 spiro atoms. The average Bonchev–Trinajstić information content (AvgIpc) is 2.35. The van der Waals surface area contributed by atoms with Gasteiger partial charge in [0.2, 0.25) is 0 Å². The third-order valence-corrected chi connectivity index (χ3v) is 3.86. The van der Waals surface area contributed by atoms with Crippen LogP contribution >= 0.6 is 0 Å². The van der Waals surface area contributed by atoms with E-state index in [1.54, 1.807) is 7.11 Å². The van der Waals surface area contributed by atoms with Gasteiger partial charge in [-0.2, -0.15) is 0 Å². The molecule has 0 saturated carbocycles. The predicted molar refractivity (Wildman–Crippen MR) is 64.0 cm³/mol. The number of hydrogen-bond donors (Lipinski definition) is 1. The number of methoxy groups -OCH3 is 1. The maximum Gasteiger partial charge on any atom is 0.158 e. The molecule has 2 nitrogen and oxygen atoms in total. The van der Waals surface area contributed by atoms with Crippen LogP contribution in [0, 0.1) is 5.92 Å². The van der Waals surface area contributed by atoms with E-state index in [9.17, 15) is 0 Å². The molecule has 1 aliphatic carbocycles. The molecule has 0 radical (unpaired) electrons. The fraction of sp³-hybridized carbons (Fsp3) is 0.500. The molecule has 1 aromatic rings. The highest BCUT2D eigenvalue weighted by atomic mass is 16.5. The summed E-state index contributed by atoms with van der Waals surface area (Å²) in [6, 6.07) is 6.44. The third kappa shape index (κ3) is 1.53. The fourth-order valence-electron chi connectivity index (χ4n) is 3.00. The first kappa shape index (κ1) is 9.88. The van der Waals surface area contributed by atoms with Crippen LogP contribution in [0.2, 0.25) is 0 Å².